The van der Waals surface area contributed by atoms with E-state index in [1.807, 2.05) is 0 Å². The number of halogens is 3. The van der Waals surface area contributed by atoms with Gasteiger partial charge in [-0.1, -0.05) is 46.1 Å². The van der Waals surface area contributed by atoms with E-state index in [2.05, 4.69) is 10.3 Å². The third-order valence-electron chi connectivity index (χ3n) is 4.58. The van der Waals surface area contributed by atoms with Gasteiger partial charge in [0.15, 0.2) is 5.13 Å². The van der Waals surface area contributed by atoms with Gasteiger partial charge in [-0.25, -0.2) is 13.4 Å². The Morgan fingerprint density at radius 3 is 2.69 bits per heavy atom. The Kier molecular flexibility index (Phi) is 6.09. The highest BCUT2D eigenvalue weighted by molar-refractivity contribution is 7.91. The number of thiophene rings is 1. The molecule has 1 N–H and O–H groups in total. The fourth-order valence-electron chi connectivity index (χ4n) is 3.14. The molecule has 3 heterocycles. The zero-order valence-electron chi connectivity index (χ0n) is 14.7. The summed E-state index contributed by atoms with van der Waals surface area (Å²) in [5, 5.41) is 3.92. The molecule has 6 nitrogen and oxygen atoms in total. The van der Waals surface area contributed by atoms with E-state index in [9.17, 15) is 13.2 Å². The Hall–Kier alpha value is -0.940. The predicted octanol–water partition coefficient (Wildman–Crippen LogP) is 5.36. The molecule has 29 heavy (non-hydrogen) atoms. The minimum atomic E-state index is -3.67. The molecule has 154 valence electrons. The van der Waals surface area contributed by atoms with Crippen molar-refractivity contribution in [2.24, 2.45) is 5.92 Å². The summed E-state index contributed by atoms with van der Waals surface area (Å²) >= 11 is 20.4. The summed E-state index contributed by atoms with van der Waals surface area (Å²) in [4.78, 5) is 17.1. The van der Waals surface area contributed by atoms with Crippen molar-refractivity contribution in [3.05, 3.63) is 38.6 Å². The number of nitrogens with one attached hydrogen (secondary N) is 1. The van der Waals surface area contributed by atoms with E-state index in [4.69, 9.17) is 34.8 Å². The number of amides is 1. The molecule has 1 aliphatic rings. The maximum Gasteiger partial charge on any atom is 0.252 e. The molecule has 1 aromatic carbocycles. The van der Waals surface area contributed by atoms with E-state index in [1.165, 1.54) is 21.7 Å². The number of hydrogen-bond acceptors (Lipinski definition) is 6. The number of carbonyl (C=O) groups is 1. The average Bonchev–Trinajstić information content (AvgIpc) is 3.31. The van der Waals surface area contributed by atoms with Gasteiger partial charge < -0.3 is 5.32 Å². The molecule has 1 aliphatic heterocycles. The maximum atomic E-state index is 12.8. The van der Waals surface area contributed by atoms with Gasteiger partial charge in [-0.15, -0.1) is 11.3 Å². The lowest BCUT2D eigenvalue weighted by Gasteiger charge is -2.30. The van der Waals surface area contributed by atoms with Crippen LogP contribution in [0, 0.1) is 5.92 Å². The first kappa shape index (κ1) is 21.3. The van der Waals surface area contributed by atoms with Crippen LogP contribution in [0.4, 0.5) is 5.13 Å². The standard InChI is InChI=1S/C17H14Cl3N3O3S3/c18-10-3-4-11-15(14(10)20)21-17(27-11)22-16(24)9-2-1-7-23(8-9)29(25,26)13-6-5-12(19)28-13/h3-6,9H,1-2,7-8H2,(H,21,22,24). The normalized spacial score (nSPS) is 18.2. The van der Waals surface area contributed by atoms with Crippen molar-refractivity contribution in [1.82, 2.24) is 9.29 Å². The van der Waals surface area contributed by atoms with E-state index >= 15 is 0 Å². The Bertz CT molecular complexity index is 1190. The lowest BCUT2D eigenvalue weighted by atomic mass is 9.99. The van der Waals surface area contributed by atoms with Gasteiger partial charge in [-0.3, -0.25) is 4.79 Å². The molecular weight excluding hydrogens is 497 g/mol. The third-order valence-corrected chi connectivity index (χ3v) is 9.87. The summed E-state index contributed by atoms with van der Waals surface area (Å²) in [6.45, 7) is 0.484. The smallest absolute Gasteiger partial charge is 0.252 e. The summed E-state index contributed by atoms with van der Waals surface area (Å²) in [7, 11) is -3.67. The molecular formula is C17H14Cl3N3O3S3. The lowest BCUT2D eigenvalue weighted by Crippen LogP contribution is -2.43. The fourth-order valence-corrected chi connectivity index (χ4v) is 7.59. The van der Waals surface area contributed by atoms with Crippen LogP contribution in [0.15, 0.2) is 28.5 Å². The monoisotopic (exact) mass is 509 g/mol. The molecule has 12 heteroatoms. The molecule has 0 bridgehead atoms. The number of nitrogens with zero attached hydrogens (tertiary/aromatic N) is 2. The van der Waals surface area contributed by atoms with Crippen molar-refractivity contribution in [3.63, 3.8) is 0 Å². The number of sulfonamides is 1. The fraction of sp³-hybridized carbons (Fsp3) is 0.294. The number of anilines is 1. The summed E-state index contributed by atoms with van der Waals surface area (Å²) in [5.41, 5.74) is 0.530. The van der Waals surface area contributed by atoms with Crippen molar-refractivity contribution in [2.75, 3.05) is 18.4 Å². The average molecular weight is 511 g/mol. The van der Waals surface area contributed by atoms with Crippen LogP contribution < -0.4 is 5.32 Å². The third kappa shape index (κ3) is 4.27. The van der Waals surface area contributed by atoms with Crippen LogP contribution in [0.3, 0.4) is 0 Å². The molecule has 1 atom stereocenters. The minimum Gasteiger partial charge on any atom is -0.302 e. The Balaban J connectivity index is 1.50. The molecule has 0 spiro atoms. The van der Waals surface area contributed by atoms with Crippen LogP contribution in [-0.2, 0) is 14.8 Å². The largest absolute Gasteiger partial charge is 0.302 e. The highest BCUT2D eigenvalue weighted by Crippen LogP contribution is 2.36. The number of aromatic nitrogens is 1. The number of piperidine rings is 1. The van der Waals surface area contributed by atoms with E-state index in [0.29, 0.717) is 44.4 Å². The highest BCUT2D eigenvalue weighted by Gasteiger charge is 2.34. The molecule has 2 aromatic heterocycles. The van der Waals surface area contributed by atoms with Crippen molar-refractivity contribution >= 4 is 88.8 Å². The van der Waals surface area contributed by atoms with Gasteiger partial charge in [-0.2, -0.15) is 4.31 Å². The van der Waals surface area contributed by atoms with Gasteiger partial charge in [0, 0.05) is 13.1 Å². The summed E-state index contributed by atoms with van der Waals surface area (Å²) in [5.74, 6) is -0.740. The quantitative estimate of drug-likeness (QED) is 0.512. The second-order valence-corrected chi connectivity index (χ2v) is 12.2. The first-order valence-corrected chi connectivity index (χ1v) is 12.8. The Labute approximate surface area is 190 Å². The number of thiazole rings is 1. The van der Waals surface area contributed by atoms with Gasteiger partial charge in [0.1, 0.15) is 9.73 Å². The van der Waals surface area contributed by atoms with Gasteiger partial charge in [0.05, 0.1) is 25.0 Å². The van der Waals surface area contributed by atoms with Crippen LogP contribution in [0.1, 0.15) is 12.8 Å². The number of carbonyl (C=O) groups excluding carboxylic acids is 1. The summed E-state index contributed by atoms with van der Waals surface area (Å²) in [6, 6.07) is 6.51. The molecule has 0 saturated carbocycles. The molecule has 1 saturated heterocycles. The van der Waals surface area contributed by atoms with Crippen molar-refractivity contribution in [1.29, 1.82) is 0 Å². The first-order chi connectivity index (χ1) is 13.8. The van der Waals surface area contributed by atoms with Crippen molar-refractivity contribution in [3.8, 4) is 0 Å². The van der Waals surface area contributed by atoms with Gasteiger partial charge in [0.2, 0.25) is 5.91 Å². The van der Waals surface area contributed by atoms with Gasteiger partial charge >= 0.3 is 0 Å². The highest BCUT2D eigenvalue weighted by atomic mass is 35.5. The van der Waals surface area contributed by atoms with Gasteiger partial charge in [-0.05, 0) is 37.1 Å². The number of fused-ring (bicyclic) bond motifs is 1. The summed E-state index contributed by atoms with van der Waals surface area (Å²) in [6.07, 6.45) is 1.19. The van der Waals surface area contributed by atoms with Crippen LogP contribution >= 0.6 is 57.5 Å². The van der Waals surface area contributed by atoms with Crippen LogP contribution in [0.5, 0.6) is 0 Å². The molecule has 4 rings (SSSR count). The van der Waals surface area contributed by atoms with E-state index in [0.717, 1.165) is 16.0 Å². The van der Waals surface area contributed by atoms with Crippen LogP contribution in [-0.4, -0.2) is 36.7 Å². The number of benzene rings is 1. The SMILES string of the molecule is O=C(Nc1nc2c(Cl)c(Cl)ccc2s1)C1CCCN(S(=O)(=O)c2ccc(Cl)s2)C1. The van der Waals surface area contributed by atoms with Crippen LogP contribution in [0.2, 0.25) is 14.4 Å². The zero-order chi connectivity index (χ0) is 20.8. The van der Waals surface area contributed by atoms with E-state index < -0.39 is 15.9 Å². The van der Waals surface area contributed by atoms with Crippen LogP contribution in [0.25, 0.3) is 10.2 Å². The first-order valence-electron chi connectivity index (χ1n) is 8.56. The van der Waals surface area contributed by atoms with Crippen molar-refractivity contribution < 1.29 is 13.2 Å². The molecule has 0 aliphatic carbocycles. The Morgan fingerprint density at radius 1 is 1.17 bits per heavy atom. The molecule has 0 radical (unpaired) electrons. The number of hydrogen-bond donors (Lipinski definition) is 1. The Morgan fingerprint density at radius 2 is 1.97 bits per heavy atom. The van der Waals surface area contributed by atoms with Gasteiger partial charge in [0.25, 0.3) is 10.0 Å². The van der Waals surface area contributed by atoms with E-state index in [1.54, 1.807) is 18.2 Å². The second kappa shape index (κ2) is 8.30. The topological polar surface area (TPSA) is 79.4 Å². The molecule has 1 amide bonds. The number of rotatable bonds is 4. The van der Waals surface area contributed by atoms with Crippen molar-refractivity contribution in [2.45, 2.75) is 17.1 Å². The lowest BCUT2D eigenvalue weighted by molar-refractivity contribution is -0.120. The molecule has 1 unspecified atom stereocenters. The minimum absolute atomic E-state index is 0.112. The molecule has 3 aromatic rings. The molecule has 1 fully saturated rings. The second-order valence-electron chi connectivity index (χ2n) is 6.48. The summed E-state index contributed by atoms with van der Waals surface area (Å²) < 4.78 is 28.4. The zero-order valence-corrected chi connectivity index (χ0v) is 19.4. The predicted molar refractivity (Wildman–Crippen MR) is 119 cm³/mol. The van der Waals surface area contributed by atoms with E-state index in [-0.39, 0.29) is 16.7 Å². The maximum absolute atomic E-state index is 12.8.